The van der Waals surface area contributed by atoms with Gasteiger partial charge in [0.25, 0.3) is 8.24 Å². The van der Waals surface area contributed by atoms with Crippen LogP contribution in [0.3, 0.4) is 0 Å². The Morgan fingerprint density at radius 2 is 1.43 bits per heavy atom. The van der Waals surface area contributed by atoms with Crippen molar-refractivity contribution in [1.82, 2.24) is 4.90 Å². The molecule has 0 bridgehead atoms. The Hall–Kier alpha value is -1.14. The Morgan fingerprint density at radius 3 is 1.79 bits per heavy atom. The number of hydrogen-bond acceptors (Lipinski definition) is 3. The monoisotopic (exact) mass is 436 g/mol. The highest BCUT2D eigenvalue weighted by atomic mass is 35.7. The summed E-state index contributed by atoms with van der Waals surface area (Å²) < 4.78 is 18.7. The molecule has 2 aromatic carbocycles. The zero-order valence-electron chi connectivity index (χ0n) is 17.9. The average molecular weight is 437 g/mol. The van der Waals surface area contributed by atoms with Gasteiger partial charge < -0.3 is 4.90 Å². The number of benzene rings is 2. The summed E-state index contributed by atoms with van der Waals surface area (Å²) in [6.07, 6.45) is 0. The fourth-order valence-corrected chi connectivity index (χ4v) is 13.6. The highest BCUT2D eigenvalue weighted by molar-refractivity contribution is 8.16. The van der Waals surface area contributed by atoms with Crippen molar-refractivity contribution >= 4 is 38.2 Å². The summed E-state index contributed by atoms with van der Waals surface area (Å²) in [6.45, 7) is 9.50. The van der Waals surface area contributed by atoms with Crippen LogP contribution < -0.4 is 10.4 Å². The lowest BCUT2D eigenvalue weighted by atomic mass is 10.2. The Morgan fingerprint density at radius 1 is 1.00 bits per heavy atom. The first-order chi connectivity index (χ1) is 13.0. The third-order valence-corrected chi connectivity index (χ3v) is 13.6. The Bertz CT molecular complexity index is 833. The summed E-state index contributed by atoms with van der Waals surface area (Å²) in [7, 11) is 5.05. The van der Waals surface area contributed by atoms with Gasteiger partial charge in [0, 0.05) is 12.3 Å². The summed E-state index contributed by atoms with van der Waals surface area (Å²) in [5.41, 5.74) is 0. The second-order valence-electron chi connectivity index (χ2n) is 8.88. The zero-order chi connectivity index (χ0) is 21.0. The van der Waals surface area contributed by atoms with Crippen molar-refractivity contribution in [3.05, 3.63) is 60.7 Å². The molecule has 0 fully saturated rings. The zero-order valence-corrected chi connectivity index (χ0v) is 20.4. The minimum Gasteiger partial charge on any atom is -0.309 e. The van der Waals surface area contributed by atoms with Crippen LogP contribution in [0, 0.1) is 5.92 Å². The molecule has 0 spiro atoms. The first kappa shape index (κ1) is 23.1. The summed E-state index contributed by atoms with van der Waals surface area (Å²) in [6, 6.07) is 20.6. The summed E-state index contributed by atoms with van der Waals surface area (Å²) in [4.78, 5) is 2.10. The van der Waals surface area contributed by atoms with Gasteiger partial charge in [-0.3, -0.25) is 4.03 Å². The van der Waals surface area contributed by atoms with Gasteiger partial charge in [-0.2, -0.15) is 0 Å². The Kier molecular flexibility index (Phi) is 7.54. The van der Waals surface area contributed by atoms with Gasteiger partial charge in [0.05, 0.1) is 0 Å². The van der Waals surface area contributed by atoms with E-state index in [4.69, 9.17) is 14.7 Å². The van der Waals surface area contributed by atoms with E-state index in [1.54, 1.807) is 0 Å². The Balaban J connectivity index is 2.73. The van der Waals surface area contributed by atoms with Crippen LogP contribution in [-0.2, 0) is 8.94 Å². The quantitative estimate of drug-likeness (QED) is 0.477. The van der Waals surface area contributed by atoms with E-state index < -0.39 is 17.2 Å². The Labute approximate surface area is 176 Å². The van der Waals surface area contributed by atoms with Gasteiger partial charge in [-0.25, -0.2) is 4.21 Å². The first-order valence-corrected chi connectivity index (χ1v) is 14.1. The molecule has 2 atom stereocenters. The molecule has 154 valence electrons. The van der Waals surface area contributed by atoms with E-state index in [-0.39, 0.29) is 11.0 Å². The van der Waals surface area contributed by atoms with Gasteiger partial charge in [0.15, 0.2) is 0 Å². The van der Waals surface area contributed by atoms with Gasteiger partial charge in [0.2, 0.25) is 0 Å². The molecule has 0 aliphatic rings. The van der Waals surface area contributed by atoms with Crippen LogP contribution in [0.25, 0.3) is 0 Å². The van der Waals surface area contributed by atoms with Crippen LogP contribution >= 0.6 is 10.7 Å². The van der Waals surface area contributed by atoms with Gasteiger partial charge >= 0.3 is 0 Å². The molecule has 0 amide bonds. The minimum absolute atomic E-state index is 0.196. The van der Waals surface area contributed by atoms with E-state index in [9.17, 15) is 4.21 Å². The SMILES string of the molecule is CC(CN(C)C)CS(=O)(Cl)=N[Si](c1ccccc1)(c1ccccc1)C(C)(C)C. The summed E-state index contributed by atoms with van der Waals surface area (Å²) in [5.74, 6) is 0.582. The highest BCUT2D eigenvalue weighted by Crippen LogP contribution is 2.38. The predicted molar refractivity (Wildman–Crippen MR) is 127 cm³/mol. The van der Waals surface area contributed by atoms with Crippen molar-refractivity contribution in [2.24, 2.45) is 9.95 Å². The third kappa shape index (κ3) is 5.47. The van der Waals surface area contributed by atoms with Crippen LogP contribution in [0.2, 0.25) is 5.04 Å². The van der Waals surface area contributed by atoms with Crippen molar-refractivity contribution < 1.29 is 4.21 Å². The van der Waals surface area contributed by atoms with Crippen LogP contribution in [0.1, 0.15) is 27.7 Å². The normalized spacial score (nSPS) is 15.9. The van der Waals surface area contributed by atoms with E-state index in [0.29, 0.717) is 5.75 Å². The molecule has 0 aliphatic carbocycles. The topological polar surface area (TPSA) is 32.7 Å². The number of hydrogen-bond donors (Lipinski definition) is 0. The van der Waals surface area contributed by atoms with Crippen molar-refractivity contribution in [2.75, 3.05) is 26.4 Å². The molecule has 0 aliphatic heterocycles. The van der Waals surface area contributed by atoms with E-state index in [0.717, 1.165) is 16.9 Å². The van der Waals surface area contributed by atoms with Crippen LogP contribution in [-0.4, -0.2) is 43.7 Å². The molecule has 2 rings (SSSR count). The molecule has 2 aromatic rings. The van der Waals surface area contributed by atoms with Gasteiger partial charge in [0.1, 0.15) is 8.94 Å². The lowest BCUT2D eigenvalue weighted by molar-refractivity contribution is 0.356. The van der Waals surface area contributed by atoms with E-state index >= 15 is 0 Å². The maximum Gasteiger partial charge on any atom is 0.261 e. The number of rotatable bonds is 7. The largest absolute Gasteiger partial charge is 0.309 e. The van der Waals surface area contributed by atoms with Crippen LogP contribution in [0.15, 0.2) is 64.7 Å². The molecule has 3 nitrogen and oxygen atoms in total. The highest BCUT2D eigenvalue weighted by Gasteiger charge is 2.50. The molecule has 6 heteroatoms. The fourth-order valence-electron chi connectivity index (χ4n) is 3.90. The molecular formula is C22H33ClN2OSSi. The standard InChI is InChI=1S/C22H33ClN2OSSi/c1-19(17-25(5)6)18-27(23,26)24-28(22(2,3)4,20-13-9-7-10-14-20)21-15-11-8-12-16-21/h7-16,19H,17-18H2,1-6H3. The second kappa shape index (κ2) is 9.12. The maximum absolute atomic E-state index is 13.6. The van der Waals surface area contributed by atoms with Crippen molar-refractivity contribution in [3.8, 4) is 0 Å². The lowest BCUT2D eigenvalue weighted by Crippen LogP contribution is -2.63. The molecule has 0 aromatic heterocycles. The van der Waals surface area contributed by atoms with Crippen LogP contribution in [0.5, 0.6) is 0 Å². The molecule has 0 saturated heterocycles. The van der Waals surface area contributed by atoms with E-state index in [2.05, 4.69) is 56.9 Å². The molecule has 0 saturated carbocycles. The number of nitrogens with zero attached hydrogens (tertiary/aromatic N) is 2. The molecule has 0 heterocycles. The van der Waals surface area contributed by atoms with Gasteiger partial charge in [-0.1, -0.05) is 88.4 Å². The minimum atomic E-state index is -2.88. The second-order valence-corrected chi connectivity index (χ2v) is 16.6. The van der Waals surface area contributed by atoms with Crippen molar-refractivity contribution in [3.63, 3.8) is 0 Å². The van der Waals surface area contributed by atoms with Crippen LogP contribution in [0.4, 0.5) is 0 Å². The van der Waals surface area contributed by atoms with Crippen molar-refractivity contribution in [2.45, 2.75) is 32.7 Å². The molecule has 28 heavy (non-hydrogen) atoms. The molecular weight excluding hydrogens is 404 g/mol. The molecule has 2 unspecified atom stereocenters. The van der Waals surface area contributed by atoms with Gasteiger partial charge in [-0.05, 0) is 46.1 Å². The fraction of sp³-hybridized carbons (Fsp3) is 0.455. The molecule has 0 N–H and O–H groups in total. The smallest absolute Gasteiger partial charge is 0.261 e. The lowest BCUT2D eigenvalue weighted by Gasteiger charge is -2.40. The average Bonchev–Trinajstić information content (AvgIpc) is 2.59. The van der Waals surface area contributed by atoms with E-state index in [1.165, 1.54) is 0 Å². The van der Waals surface area contributed by atoms with Gasteiger partial charge in [-0.15, -0.1) is 0 Å². The van der Waals surface area contributed by atoms with Crippen molar-refractivity contribution in [1.29, 1.82) is 0 Å². The van der Waals surface area contributed by atoms with E-state index in [1.807, 2.05) is 50.5 Å². The first-order valence-electron chi connectivity index (χ1n) is 9.69. The summed E-state index contributed by atoms with van der Waals surface area (Å²) >= 11 is 0. The predicted octanol–water partition coefficient (Wildman–Crippen LogP) is 4.37. The number of halogens is 1. The summed E-state index contributed by atoms with van der Waals surface area (Å²) in [5, 5.41) is 2.09. The maximum atomic E-state index is 13.6. The third-order valence-electron chi connectivity index (χ3n) is 4.91. The molecule has 0 radical (unpaired) electrons.